The minimum atomic E-state index is -5.97. The zero-order chi connectivity index (χ0) is 34.9. The first-order valence-electron chi connectivity index (χ1n) is 11.9. The molecule has 256 valence electrons. The highest BCUT2D eigenvalue weighted by molar-refractivity contribution is 7.66. The molecule has 2 saturated heterocycles. The van der Waals surface area contributed by atoms with Gasteiger partial charge in [-0.25, -0.2) is 18.7 Å². The fourth-order valence-corrected chi connectivity index (χ4v) is 7.72. The molecule has 1 aliphatic carbocycles. The average Bonchev–Trinajstić information content (AvgIpc) is 3.57. The van der Waals surface area contributed by atoms with Crippen molar-refractivity contribution in [1.29, 1.82) is 0 Å². The number of nitrogens with zero attached hydrogens (tertiary/aromatic N) is 6. The van der Waals surface area contributed by atoms with Gasteiger partial charge in [0.15, 0.2) is 17.4 Å². The van der Waals surface area contributed by atoms with E-state index in [9.17, 15) is 58.9 Å². The maximum Gasteiger partial charge on any atom is 0.490 e. The van der Waals surface area contributed by atoms with Crippen LogP contribution < -0.4 is 11.3 Å². The number of nitrogen functional groups attached to an aromatic ring is 1. The van der Waals surface area contributed by atoms with Crippen LogP contribution >= 0.6 is 23.5 Å². The van der Waals surface area contributed by atoms with Crippen LogP contribution in [-0.4, -0.2) is 95.5 Å². The molecule has 1 spiro atoms. The first-order chi connectivity index (χ1) is 21.6. The molecule has 4 heterocycles. The van der Waals surface area contributed by atoms with E-state index in [1.807, 2.05) is 0 Å². The van der Waals surface area contributed by atoms with E-state index >= 15 is 0 Å². The Bertz CT molecular complexity index is 1940. The summed E-state index contributed by atoms with van der Waals surface area (Å²) in [6, 6.07) is 0. The maximum absolute atomic E-state index is 12.4. The molecule has 2 unspecified atom stereocenters. The standard InChI is InChI=1S/C16H17N8O20P3/c17-15-19-12-9(13(25)20-15)18-4-21(12)14-11-10(6(40-14)3-39-46(35,36)44-47(37,38)43-45(32,33)34)41-16(42-11)7(23(28)29)1-5(22(26)27)2-8(16)24(30)31/h1-2,4,6,10-11,14H,3H2,(H,26,27)(H,35,36)(H,37,38)(H2,32,33,34)(H3,17,19,20,25)/t6-,10-,11+,14-/m1/s1. The smallest absolute Gasteiger partial charge is 0.417 e. The fraction of sp³-hybridized carbons (Fsp3) is 0.375. The van der Waals surface area contributed by atoms with Crippen LogP contribution in [0.3, 0.4) is 0 Å². The minimum absolute atomic E-state index is 0.301. The average molecular weight is 734 g/mol. The Morgan fingerprint density at radius 1 is 1.02 bits per heavy atom. The number of allylic oxidation sites excluding steroid dienone is 2. The summed E-state index contributed by atoms with van der Waals surface area (Å²) in [5.74, 6) is -3.51. The lowest BCUT2D eigenvalue weighted by Crippen LogP contribution is -2.46. The van der Waals surface area contributed by atoms with Crippen molar-refractivity contribution in [3.63, 3.8) is 0 Å². The molecule has 0 bridgehead atoms. The second-order valence-electron chi connectivity index (χ2n) is 9.28. The van der Waals surface area contributed by atoms with E-state index in [0.29, 0.717) is 12.2 Å². The highest BCUT2D eigenvalue weighted by Gasteiger charge is 2.70. The van der Waals surface area contributed by atoms with Crippen molar-refractivity contribution in [3.8, 4) is 0 Å². The van der Waals surface area contributed by atoms with Gasteiger partial charge >= 0.3 is 40.6 Å². The largest absolute Gasteiger partial charge is 0.490 e. The molecule has 47 heavy (non-hydrogen) atoms. The van der Waals surface area contributed by atoms with Crippen molar-refractivity contribution < 1.29 is 80.6 Å². The Kier molecular flexibility index (Phi) is 8.47. The van der Waals surface area contributed by atoms with E-state index in [0.717, 1.165) is 10.9 Å². The van der Waals surface area contributed by atoms with Crippen molar-refractivity contribution in [2.24, 2.45) is 0 Å². The topological polar surface area (TPSA) is 410 Å². The summed E-state index contributed by atoms with van der Waals surface area (Å²) in [6.07, 6.45) is -5.32. The molecule has 2 aliphatic heterocycles. The lowest BCUT2D eigenvalue weighted by atomic mass is 10.0. The Morgan fingerprint density at radius 2 is 1.62 bits per heavy atom. The molecule has 5 rings (SSSR count). The molecule has 0 aromatic carbocycles. The number of hydrogen-bond donors (Lipinski definition) is 7. The van der Waals surface area contributed by atoms with E-state index in [1.165, 1.54) is 0 Å². The number of hydrogen-bond acceptors (Lipinski definition) is 19. The van der Waals surface area contributed by atoms with Gasteiger partial charge in [-0.15, -0.1) is 0 Å². The summed E-state index contributed by atoms with van der Waals surface area (Å²) in [4.78, 5) is 79.8. The Morgan fingerprint density at radius 3 is 2.17 bits per heavy atom. The number of aromatic amines is 1. The van der Waals surface area contributed by atoms with Gasteiger partial charge in [-0.1, -0.05) is 0 Å². The van der Waals surface area contributed by atoms with Crippen molar-refractivity contribution >= 4 is 46.3 Å². The van der Waals surface area contributed by atoms with E-state index < -0.39 is 104 Å². The van der Waals surface area contributed by atoms with Gasteiger partial charge in [-0.3, -0.25) is 44.3 Å². The van der Waals surface area contributed by atoms with Crippen molar-refractivity contribution in [3.05, 3.63) is 65.7 Å². The number of H-pyrrole nitrogens is 1. The van der Waals surface area contributed by atoms with Gasteiger partial charge in [0.05, 0.1) is 34.9 Å². The number of nitrogens with one attached hydrogen (secondary N) is 1. The Balaban J connectivity index is 1.56. The van der Waals surface area contributed by atoms with Gasteiger partial charge in [0, 0.05) is 4.90 Å². The Labute approximate surface area is 255 Å². The number of nitro groups is 2. The molecule has 2 aromatic rings. The van der Waals surface area contributed by atoms with Crippen LogP contribution in [-0.2, 0) is 41.1 Å². The van der Waals surface area contributed by atoms with Crippen molar-refractivity contribution in [1.82, 2.24) is 19.5 Å². The Hall–Kier alpha value is -4.01. The molecular formula is C16H17N8O20P3. The number of imidazole rings is 1. The van der Waals surface area contributed by atoms with Crippen molar-refractivity contribution in [2.75, 3.05) is 12.3 Å². The molecule has 0 radical (unpaired) electrons. The second kappa shape index (κ2) is 11.6. The first-order valence-corrected chi connectivity index (χ1v) is 16.4. The third-order valence-corrected chi connectivity index (χ3v) is 10.1. The molecule has 2 fully saturated rings. The maximum atomic E-state index is 12.4. The number of fused-ring (bicyclic) bond motifs is 2. The first kappa shape index (κ1) is 34.3. The number of nitrogens with two attached hydrogens (primary N) is 1. The van der Waals surface area contributed by atoms with Gasteiger partial charge in [0.25, 0.3) is 11.3 Å². The normalized spacial score (nSPS) is 28.4. The SMILES string of the molecule is Nc1nc2c(ncn2[C@@H]2O[C@H](COP(=O)(O)OP(=O)(O)OP(=O)(O)O)[C@H]3OC4(O[C@@H]32)C([N+](=O)[O-])=CC(=[N+]([O-])O)C=C4[N+](=O)[O-])c(=O)[nH]1. The molecule has 6 atom stereocenters. The number of ether oxygens (including phenoxy) is 3. The third kappa shape index (κ3) is 6.58. The zero-order valence-corrected chi connectivity index (χ0v) is 24.9. The molecule has 28 nitrogen and oxygen atoms in total. The number of phosphoric acid groups is 3. The van der Waals surface area contributed by atoms with Crippen LogP contribution in [0.2, 0.25) is 0 Å². The quantitative estimate of drug-likeness (QED) is 0.0460. The monoisotopic (exact) mass is 734 g/mol. The van der Waals surface area contributed by atoms with Crippen molar-refractivity contribution in [2.45, 2.75) is 30.3 Å². The minimum Gasteiger partial charge on any atom is -0.417 e. The second-order valence-corrected chi connectivity index (χ2v) is 13.7. The molecule has 0 saturated carbocycles. The molecule has 8 N–H and O–H groups in total. The number of anilines is 1. The number of phosphoric ester groups is 1. The highest BCUT2D eigenvalue weighted by atomic mass is 31.3. The molecule has 3 aliphatic rings. The molecular weight excluding hydrogens is 717 g/mol. The summed E-state index contributed by atoms with van der Waals surface area (Å²) >= 11 is 0. The lowest BCUT2D eigenvalue weighted by Gasteiger charge is -2.27. The van der Waals surface area contributed by atoms with E-state index in [2.05, 4.69) is 28.1 Å². The van der Waals surface area contributed by atoms with Crippen LogP contribution in [0.5, 0.6) is 0 Å². The summed E-state index contributed by atoms with van der Waals surface area (Å²) < 4.78 is 65.0. The third-order valence-electron chi connectivity index (χ3n) is 6.29. The predicted octanol–water partition coefficient (Wildman–Crippen LogP) is -1.90. The lowest BCUT2D eigenvalue weighted by molar-refractivity contribution is -0.725. The number of aromatic nitrogens is 4. The molecule has 31 heteroatoms. The molecule has 2 aromatic heterocycles. The number of rotatable bonds is 10. The van der Waals surface area contributed by atoms with Gasteiger partial charge in [0.1, 0.15) is 18.3 Å². The van der Waals surface area contributed by atoms with Gasteiger partial charge < -0.3 is 44.7 Å². The summed E-state index contributed by atoms with van der Waals surface area (Å²) in [5.41, 5.74) is 0.505. The predicted molar refractivity (Wildman–Crippen MR) is 139 cm³/mol. The van der Waals surface area contributed by atoms with Crippen LogP contribution in [0.4, 0.5) is 5.95 Å². The van der Waals surface area contributed by atoms with E-state index in [1.54, 1.807) is 0 Å². The van der Waals surface area contributed by atoms with E-state index in [-0.39, 0.29) is 11.2 Å². The zero-order valence-electron chi connectivity index (χ0n) is 22.2. The van der Waals surface area contributed by atoms with Crippen LogP contribution in [0.15, 0.2) is 34.7 Å². The van der Waals surface area contributed by atoms with Crippen LogP contribution in [0.1, 0.15) is 6.23 Å². The summed E-state index contributed by atoms with van der Waals surface area (Å²) in [5, 5.41) is 44.9. The van der Waals surface area contributed by atoms with Crippen LogP contribution in [0.25, 0.3) is 11.2 Å². The van der Waals surface area contributed by atoms with Crippen LogP contribution in [0, 0.1) is 25.4 Å². The highest BCUT2D eigenvalue weighted by Crippen LogP contribution is 2.66. The van der Waals surface area contributed by atoms with Gasteiger partial charge in [-0.2, -0.15) is 13.6 Å². The summed E-state index contributed by atoms with van der Waals surface area (Å²) in [6.45, 7) is -1.25. The fourth-order valence-electron chi connectivity index (χ4n) is 4.69. The van der Waals surface area contributed by atoms with Gasteiger partial charge in [0.2, 0.25) is 5.95 Å². The van der Waals surface area contributed by atoms with Gasteiger partial charge in [-0.05, 0) is 0 Å². The molecule has 0 amide bonds. The summed E-state index contributed by atoms with van der Waals surface area (Å²) in [7, 11) is -17.5. The van der Waals surface area contributed by atoms with E-state index in [4.69, 9.17) is 29.7 Å².